The van der Waals surface area contributed by atoms with Gasteiger partial charge in [-0.1, -0.05) is 109 Å². The van der Waals surface area contributed by atoms with E-state index in [1.807, 2.05) is 0 Å². The molecule has 0 amide bonds. The first-order chi connectivity index (χ1) is 14.3. The summed E-state index contributed by atoms with van der Waals surface area (Å²) in [5.74, 6) is 0.536. The third-order valence-corrected chi connectivity index (χ3v) is 5.68. The molecule has 29 heavy (non-hydrogen) atoms. The number of thiol groups is 1. The van der Waals surface area contributed by atoms with Gasteiger partial charge in [0.1, 0.15) is 6.61 Å². The molecule has 0 aliphatic carbocycles. The molecule has 0 aromatic carbocycles. The van der Waals surface area contributed by atoms with E-state index in [1.54, 1.807) is 0 Å². The minimum Gasteiger partial charge on any atom is -0.465 e. The van der Waals surface area contributed by atoms with Crippen LogP contribution in [0.15, 0.2) is 12.2 Å². The number of hydrogen-bond donors (Lipinski definition) is 1. The van der Waals surface area contributed by atoms with E-state index in [0.29, 0.717) is 18.8 Å². The SMILES string of the molecule is CCCCCCCCCCCCCCC/C=C/CCCCCCC(=O)OCCS. The Kier molecular flexibility index (Phi) is 25.2. The van der Waals surface area contributed by atoms with Gasteiger partial charge in [-0.15, -0.1) is 0 Å². The van der Waals surface area contributed by atoms with Crippen molar-refractivity contribution in [3.63, 3.8) is 0 Å². The van der Waals surface area contributed by atoms with Gasteiger partial charge in [-0.05, 0) is 32.1 Å². The molecule has 0 N–H and O–H groups in total. The van der Waals surface area contributed by atoms with Crippen LogP contribution in [0.3, 0.4) is 0 Å². The summed E-state index contributed by atoms with van der Waals surface area (Å²) in [6.45, 7) is 2.72. The lowest BCUT2D eigenvalue weighted by Gasteiger charge is -2.03. The molecule has 0 saturated heterocycles. The zero-order valence-electron chi connectivity index (χ0n) is 19.5. The highest BCUT2D eigenvalue weighted by Crippen LogP contribution is 2.13. The standard InChI is InChI=1S/C26H50O2S/c1-2-3-4-5-6-7-8-9-10-11-12-13-14-15-16-17-18-19-20-21-22-23-26(27)28-24-25-29/h16-17,29H,2-15,18-25H2,1H3/b17-16+. The van der Waals surface area contributed by atoms with E-state index in [0.717, 1.165) is 12.8 Å². The van der Waals surface area contributed by atoms with Crippen molar-refractivity contribution in [1.29, 1.82) is 0 Å². The van der Waals surface area contributed by atoms with Gasteiger partial charge in [-0.3, -0.25) is 4.79 Å². The zero-order valence-corrected chi connectivity index (χ0v) is 20.4. The monoisotopic (exact) mass is 426 g/mol. The summed E-state index contributed by atoms with van der Waals surface area (Å²) < 4.78 is 5.01. The minimum atomic E-state index is -0.0725. The number of unbranched alkanes of at least 4 members (excludes halogenated alkanes) is 17. The smallest absolute Gasteiger partial charge is 0.305 e. The van der Waals surface area contributed by atoms with Crippen LogP contribution < -0.4 is 0 Å². The molecule has 0 aromatic rings. The number of hydrogen-bond acceptors (Lipinski definition) is 3. The quantitative estimate of drug-likeness (QED) is 0.0764. The van der Waals surface area contributed by atoms with Crippen LogP contribution in [0.5, 0.6) is 0 Å². The Morgan fingerprint density at radius 1 is 0.655 bits per heavy atom. The maximum Gasteiger partial charge on any atom is 0.305 e. The van der Waals surface area contributed by atoms with E-state index in [2.05, 4.69) is 31.7 Å². The Balaban J connectivity index is 3.13. The first kappa shape index (κ1) is 28.6. The molecule has 172 valence electrons. The molecule has 2 nitrogen and oxygen atoms in total. The first-order valence-corrected chi connectivity index (χ1v) is 13.4. The molecule has 0 bridgehead atoms. The molecule has 0 aromatic heterocycles. The van der Waals surface area contributed by atoms with Crippen molar-refractivity contribution in [2.75, 3.05) is 12.4 Å². The van der Waals surface area contributed by atoms with Crippen molar-refractivity contribution >= 4 is 18.6 Å². The van der Waals surface area contributed by atoms with Gasteiger partial charge in [0.25, 0.3) is 0 Å². The first-order valence-electron chi connectivity index (χ1n) is 12.7. The number of carbonyl (C=O) groups is 1. The van der Waals surface area contributed by atoms with Crippen molar-refractivity contribution < 1.29 is 9.53 Å². The summed E-state index contributed by atoms with van der Waals surface area (Å²) in [7, 11) is 0. The maximum atomic E-state index is 11.3. The molecule has 0 aliphatic rings. The van der Waals surface area contributed by atoms with Gasteiger partial charge in [0.2, 0.25) is 0 Å². The van der Waals surface area contributed by atoms with Crippen LogP contribution in [-0.2, 0) is 9.53 Å². The molecule has 0 heterocycles. The summed E-state index contributed by atoms with van der Waals surface area (Å²) in [5.41, 5.74) is 0. The van der Waals surface area contributed by atoms with Gasteiger partial charge in [-0.2, -0.15) is 12.6 Å². The maximum absolute atomic E-state index is 11.3. The Hall–Kier alpha value is -0.440. The Labute approximate surface area is 188 Å². The van der Waals surface area contributed by atoms with Crippen molar-refractivity contribution in [2.45, 2.75) is 135 Å². The van der Waals surface area contributed by atoms with Crippen molar-refractivity contribution in [3.05, 3.63) is 12.2 Å². The second-order valence-electron chi connectivity index (χ2n) is 8.40. The highest BCUT2D eigenvalue weighted by Gasteiger charge is 2.01. The molecule has 0 rings (SSSR count). The van der Waals surface area contributed by atoms with Crippen molar-refractivity contribution in [1.82, 2.24) is 0 Å². The van der Waals surface area contributed by atoms with Gasteiger partial charge in [0.15, 0.2) is 0 Å². The Morgan fingerprint density at radius 2 is 1.07 bits per heavy atom. The fourth-order valence-electron chi connectivity index (χ4n) is 3.63. The van der Waals surface area contributed by atoms with E-state index in [1.165, 1.54) is 109 Å². The molecule has 0 unspecified atom stereocenters. The summed E-state index contributed by atoms with van der Waals surface area (Å²) in [5, 5.41) is 0. The van der Waals surface area contributed by atoms with Gasteiger partial charge in [0.05, 0.1) is 0 Å². The van der Waals surface area contributed by atoms with E-state index in [-0.39, 0.29) is 5.97 Å². The number of allylic oxidation sites excluding steroid dienone is 2. The highest BCUT2D eigenvalue weighted by atomic mass is 32.1. The number of carbonyl (C=O) groups excluding carboxylic acids is 1. The third-order valence-electron chi connectivity index (χ3n) is 5.50. The molecular formula is C26H50O2S. The molecule has 3 heteroatoms. The van der Waals surface area contributed by atoms with Gasteiger partial charge in [-0.25, -0.2) is 0 Å². The second kappa shape index (κ2) is 25.6. The average molecular weight is 427 g/mol. The molecular weight excluding hydrogens is 376 g/mol. The number of ether oxygens (including phenoxy) is 1. The van der Waals surface area contributed by atoms with Crippen LogP contribution >= 0.6 is 12.6 Å². The molecule has 0 spiro atoms. The molecule has 0 aliphatic heterocycles. The van der Waals surface area contributed by atoms with Gasteiger partial charge in [0, 0.05) is 12.2 Å². The largest absolute Gasteiger partial charge is 0.465 e. The topological polar surface area (TPSA) is 26.3 Å². The van der Waals surface area contributed by atoms with E-state index < -0.39 is 0 Å². The second-order valence-corrected chi connectivity index (χ2v) is 8.85. The molecule has 0 radical (unpaired) electrons. The average Bonchev–Trinajstić information content (AvgIpc) is 2.73. The molecule has 0 atom stereocenters. The van der Waals surface area contributed by atoms with Crippen LogP contribution in [0, 0.1) is 0 Å². The zero-order chi connectivity index (χ0) is 21.3. The van der Waals surface area contributed by atoms with Gasteiger partial charge < -0.3 is 4.74 Å². The predicted octanol–water partition coefficient (Wildman–Crippen LogP) is 8.84. The van der Waals surface area contributed by atoms with Crippen LogP contribution in [0.1, 0.15) is 135 Å². The lowest BCUT2D eigenvalue weighted by molar-refractivity contribution is -0.143. The fourth-order valence-corrected chi connectivity index (χ4v) is 3.72. The third kappa shape index (κ3) is 25.5. The van der Waals surface area contributed by atoms with Crippen LogP contribution in [0.4, 0.5) is 0 Å². The highest BCUT2D eigenvalue weighted by molar-refractivity contribution is 7.80. The Morgan fingerprint density at radius 3 is 1.52 bits per heavy atom. The minimum absolute atomic E-state index is 0.0725. The number of esters is 1. The van der Waals surface area contributed by atoms with Crippen LogP contribution in [-0.4, -0.2) is 18.3 Å². The lowest BCUT2D eigenvalue weighted by atomic mass is 10.0. The summed E-state index contributed by atoms with van der Waals surface area (Å²) in [6.07, 6.45) is 30.8. The van der Waals surface area contributed by atoms with Crippen molar-refractivity contribution in [2.24, 2.45) is 0 Å². The molecule has 0 fully saturated rings. The predicted molar refractivity (Wildman–Crippen MR) is 132 cm³/mol. The number of rotatable bonds is 23. The fraction of sp³-hybridized carbons (Fsp3) is 0.885. The lowest BCUT2D eigenvalue weighted by Crippen LogP contribution is -2.06. The summed E-state index contributed by atoms with van der Waals surface area (Å²) >= 11 is 4.03. The van der Waals surface area contributed by atoms with Gasteiger partial charge >= 0.3 is 5.97 Å². The van der Waals surface area contributed by atoms with E-state index in [4.69, 9.17) is 4.74 Å². The van der Waals surface area contributed by atoms with E-state index >= 15 is 0 Å². The Bertz CT molecular complexity index is 355. The normalized spacial score (nSPS) is 11.4. The summed E-state index contributed by atoms with van der Waals surface area (Å²) in [6, 6.07) is 0. The molecule has 0 saturated carbocycles. The van der Waals surface area contributed by atoms with Crippen LogP contribution in [0.2, 0.25) is 0 Å². The van der Waals surface area contributed by atoms with E-state index in [9.17, 15) is 4.79 Å². The van der Waals surface area contributed by atoms with Crippen LogP contribution in [0.25, 0.3) is 0 Å². The van der Waals surface area contributed by atoms with Crippen molar-refractivity contribution in [3.8, 4) is 0 Å². The summed E-state index contributed by atoms with van der Waals surface area (Å²) in [4.78, 5) is 11.3.